The number of amides is 2. The van der Waals surface area contributed by atoms with Gasteiger partial charge in [-0.05, 0) is 44.5 Å². The van der Waals surface area contributed by atoms with E-state index in [2.05, 4.69) is 30.7 Å². The third-order valence-electron chi connectivity index (χ3n) is 4.11. The molecule has 11 heteroatoms. The van der Waals surface area contributed by atoms with Gasteiger partial charge in [-0.3, -0.25) is 0 Å². The Hall–Kier alpha value is -3.89. The number of aryl methyl sites for hydroxylation is 1. The molecule has 2 N–H and O–H groups in total. The lowest BCUT2D eigenvalue weighted by Crippen LogP contribution is -2.33. The molecule has 0 radical (unpaired) electrons. The van der Waals surface area contributed by atoms with Crippen LogP contribution in [-0.4, -0.2) is 43.3 Å². The van der Waals surface area contributed by atoms with Crippen molar-refractivity contribution >= 4 is 17.7 Å². The molecule has 0 saturated heterocycles. The van der Waals surface area contributed by atoms with E-state index in [0.29, 0.717) is 17.3 Å². The number of carbonyl (C=O) groups excluding carboxylic acids is 2. The average Bonchev–Trinajstić information content (AvgIpc) is 3.21. The fourth-order valence-electron chi connectivity index (χ4n) is 2.72. The molecule has 0 bridgehead atoms. The molecule has 0 saturated carbocycles. The molecule has 1 atom stereocenters. The second-order valence-electron chi connectivity index (χ2n) is 6.27. The van der Waals surface area contributed by atoms with Gasteiger partial charge in [-0.15, -0.1) is 0 Å². The predicted molar refractivity (Wildman–Crippen MR) is 105 cm³/mol. The summed E-state index contributed by atoms with van der Waals surface area (Å²) in [4.78, 5) is 36.8. The number of carbonyl (C=O) groups is 2. The Bertz CT molecular complexity index is 1060. The molecule has 30 heavy (non-hydrogen) atoms. The first-order chi connectivity index (χ1) is 14.4. The van der Waals surface area contributed by atoms with E-state index in [1.165, 1.54) is 17.1 Å². The van der Waals surface area contributed by atoms with E-state index >= 15 is 0 Å². The molecule has 0 fully saturated rings. The molecule has 3 aromatic rings. The first-order valence-electron chi connectivity index (χ1n) is 9.12. The highest BCUT2D eigenvalue weighted by molar-refractivity contribution is 5.95. The van der Waals surface area contributed by atoms with E-state index in [9.17, 15) is 14.0 Å². The number of hydrogen-bond acceptors (Lipinski definition) is 7. The quantitative estimate of drug-likeness (QED) is 0.595. The van der Waals surface area contributed by atoms with Crippen LogP contribution in [0.25, 0.3) is 5.95 Å². The summed E-state index contributed by atoms with van der Waals surface area (Å²) >= 11 is 0. The number of esters is 1. The minimum atomic E-state index is -0.691. The molecule has 2 amide bonds. The number of benzene rings is 1. The Kier molecular flexibility index (Phi) is 6.30. The molecule has 0 aliphatic carbocycles. The first-order valence-corrected chi connectivity index (χ1v) is 9.12. The number of ether oxygens (including phenoxy) is 1. The number of rotatable bonds is 6. The summed E-state index contributed by atoms with van der Waals surface area (Å²) in [5, 5.41) is 9.12. The van der Waals surface area contributed by atoms with Crippen LogP contribution in [0.4, 0.5) is 14.9 Å². The number of nitrogens with zero attached hydrogens (tertiary/aromatic N) is 5. The van der Waals surface area contributed by atoms with Gasteiger partial charge in [-0.2, -0.15) is 9.78 Å². The lowest BCUT2D eigenvalue weighted by molar-refractivity contribution is 0.0525. The SMILES string of the molecule is CCOC(=O)c1cc(NC(=O)NC(C)c2ncnn2-c2ncccn2)c(F)cc1C. The van der Waals surface area contributed by atoms with Crippen molar-refractivity contribution < 1.29 is 18.7 Å². The zero-order valence-electron chi connectivity index (χ0n) is 16.6. The third-order valence-corrected chi connectivity index (χ3v) is 4.11. The van der Waals surface area contributed by atoms with Gasteiger partial charge in [0.15, 0.2) is 5.82 Å². The molecule has 1 aromatic carbocycles. The van der Waals surface area contributed by atoms with Crippen LogP contribution in [0, 0.1) is 12.7 Å². The molecule has 3 rings (SSSR count). The van der Waals surface area contributed by atoms with Crippen molar-refractivity contribution in [2.45, 2.75) is 26.8 Å². The van der Waals surface area contributed by atoms with E-state index < -0.39 is 23.9 Å². The molecule has 156 valence electrons. The highest BCUT2D eigenvalue weighted by Gasteiger charge is 2.20. The van der Waals surface area contributed by atoms with E-state index in [1.807, 2.05) is 0 Å². The fraction of sp³-hybridized carbons (Fsp3) is 0.263. The van der Waals surface area contributed by atoms with E-state index in [1.54, 1.807) is 39.2 Å². The number of nitrogens with one attached hydrogen (secondary N) is 2. The van der Waals surface area contributed by atoms with Gasteiger partial charge in [0.05, 0.1) is 23.9 Å². The Labute approximate surface area is 171 Å². The van der Waals surface area contributed by atoms with Crippen molar-refractivity contribution in [3.8, 4) is 5.95 Å². The highest BCUT2D eigenvalue weighted by Crippen LogP contribution is 2.21. The Balaban J connectivity index is 1.74. The number of aromatic nitrogens is 5. The average molecular weight is 413 g/mol. The van der Waals surface area contributed by atoms with Crippen molar-refractivity contribution in [1.82, 2.24) is 30.0 Å². The van der Waals surface area contributed by atoms with E-state index in [4.69, 9.17) is 4.74 Å². The summed E-state index contributed by atoms with van der Waals surface area (Å²) in [7, 11) is 0. The standard InChI is InChI=1S/C19H20FN7O3/c1-4-30-17(28)13-9-15(14(20)8-11(13)2)26-19(29)25-12(3)16-23-10-24-27(16)18-21-6-5-7-22-18/h5-10,12H,4H2,1-3H3,(H2,25,26,29). The van der Waals surface area contributed by atoms with E-state index in [0.717, 1.165) is 6.07 Å². The van der Waals surface area contributed by atoms with Gasteiger partial charge in [0.25, 0.3) is 5.95 Å². The highest BCUT2D eigenvalue weighted by atomic mass is 19.1. The van der Waals surface area contributed by atoms with Gasteiger partial charge in [0.2, 0.25) is 0 Å². The maximum atomic E-state index is 14.3. The Morgan fingerprint density at radius 2 is 1.97 bits per heavy atom. The topological polar surface area (TPSA) is 124 Å². The summed E-state index contributed by atoms with van der Waals surface area (Å²) in [6, 6.07) is 2.77. The second-order valence-corrected chi connectivity index (χ2v) is 6.27. The molecular formula is C19H20FN7O3. The van der Waals surface area contributed by atoms with Crippen molar-refractivity contribution in [2.75, 3.05) is 11.9 Å². The smallest absolute Gasteiger partial charge is 0.338 e. The normalized spacial score (nSPS) is 11.6. The lowest BCUT2D eigenvalue weighted by atomic mass is 10.1. The third kappa shape index (κ3) is 4.57. The summed E-state index contributed by atoms with van der Waals surface area (Å²) in [6.45, 7) is 5.12. The number of urea groups is 1. The van der Waals surface area contributed by atoms with Gasteiger partial charge in [0.1, 0.15) is 12.1 Å². The van der Waals surface area contributed by atoms with Crippen LogP contribution >= 0.6 is 0 Å². The summed E-state index contributed by atoms with van der Waals surface area (Å²) in [5.74, 6) is -0.595. The van der Waals surface area contributed by atoms with Crippen LogP contribution in [0.2, 0.25) is 0 Å². The van der Waals surface area contributed by atoms with Crippen molar-refractivity contribution in [1.29, 1.82) is 0 Å². The molecule has 0 aliphatic heterocycles. The fourth-order valence-corrected chi connectivity index (χ4v) is 2.72. The largest absolute Gasteiger partial charge is 0.462 e. The van der Waals surface area contributed by atoms with Crippen molar-refractivity contribution in [2.24, 2.45) is 0 Å². The van der Waals surface area contributed by atoms with Crippen LogP contribution < -0.4 is 10.6 Å². The summed E-state index contributed by atoms with van der Waals surface area (Å²) in [6.07, 6.45) is 4.42. The lowest BCUT2D eigenvalue weighted by Gasteiger charge is -2.15. The van der Waals surface area contributed by atoms with Crippen molar-refractivity contribution in [3.63, 3.8) is 0 Å². The zero-order chi connectivity index (χ0) is 21.7. The zero-order valence-corrected chi connectivity index (χ0v) is 16.6. The molecule has 2 heterocycles. The van der Waals surface area contributed by atoms with Gasteiger partial charge in [-0.25, -0.2) is 28.9 Å². The minimum Gasteiger partial charge on any atom is -0.462 e. The molecule has 1 unspecified atom stereocenters. The number of hydrogen-bond donors (Lipinski definition) is 2. The predicted octanol–water partition coefficient (Wildman–Crippen LogP) is 2.56. The van der Waals surface area contributed by atoms with Crippen LogP contribution in [0.15, 0.2) is 36.9 Å². The Morgan fingerprint density at radius 1 is 1.23 bits per heavy atom. The molecule has 0 spiro atoms. The minimum absolute atomic E-state index is 0.152. The van der Waals surface area contributed by atoms with Crippen LogP contribution in [0.1, 0.15) is 41.6 Å². The van der Waals surface area contributed by atoms with Gasteiger partial charge >= 0.3 is 12.0 Å². The van der Waals surface area contributed by atoms with Gasteiger partial charge < -0.3 is 15.4 Å². The summed E-state index contributed by atoms with van der Waals surface area (Å²) < 4.78 is 20.6. The van der Waals surface area contributed by atoms with Gasteiger partial charge in [-0.1, -0.05) is 0 Å². The van der Waals surface area contributed by atoms with Crippen LogP contribution in [-0.2, 0) is 4.74 Å². The maximum Gasteiger partial charge on any atom is 0.338 e. The molecule has 2 aromatic heterocycles. The van der Waals surface area contributed by atoms with Crippen LogP contribution in [0.3, 0.4) is 0 Å². The molecule has 0 aliphatic rings. The Morgan fingerprint density at radius 3 is 2.67 bits per heavy atom. The molecule has 10 nitrogen and oxygen atoms in total. The number of halogens is 1. The maximum absolute atomic E-state index is 14.3. The monoisotopic (exact) mass is 413 g/mol. The number of anilines is 1. The molecular weight excluding hydrogens is 393 g/mol. The van der Waals surface area contributed by atoms with Gasteiger partial charge in [0, 0.05) is 12.4 Å². The van der Waals surface area contributed by atoms with E-state index in [-0.39, 0.29) is 17.9 Å². The second kappa shape index (κ2) is 9.07. The van der Waals surface area contributed by atoms with Crippen molar-refractivity contribution in [3.05, 3.63) is 59.7 Å². The first kappa shape index (κ1) is 20.8. The van der Waals surface area contributed by atoms with Crippen LogP contribution in [0.5, 0.6) is 0 Å². The summed E-state index contributed by atoms with van der Waals surface area (Å²) in [5.41, 5.74) is 0.421.